The number of carbonyl (C=O) groups is 2. The van der Waals surface area contributed by atoms with Crippen LogP contribution in [0.1, 0.15) is 41.4 Å². The number of nitrogens with zero attached hydrogens (tertiary/aromatic N) is 1. The van der Waals surface area contributed by atoms with Crippen molar-refractivity contribution < 1.29 is 9.59 Å². The average molecular weight is 344 g/mol. The smallest absolute Gasteiger partial charge is 0.292 e. The van der Waals surface area contributed by atoms with Crippen molar-refractivity contribution in [3.8, 4) is 0 Å². The Labute approximate surface area is 147 Å². The van der Waals surface area contributed by atoms with Crippen LogP contribution in [0.2, 0.25) is 0 Å². The molecule has 1 atom stereocenters. The van der Waals surface area contributed by atoms with Crippen molar-refractivity contribution in [3.05, 3.63) is 57.8 Å². The van der Waals surface area contributed by atoms with Crippen molar-refractivity contribution in [3.63, 3.8) is 0 Å². The molecule has 0 aliphatic rings. The van der Waals surface area contributed by atoms with E-state index >= 15 is 0 Å². The fourth-order valence-electron chi connectivity index (χ4n) is 2.69. The molecule has 1 aromatic carbocycles. The molecule has 0 bridgehead atoms. The van der Waals surface area contributed by atoms with E-state index < -0.39 is 11.7 Å². The summed E-state index contributed by atoms with van der Waals surface area (Å²) in [7, 11) is 0. The number of hydrogen-bond acceptors (Lipinski definition) is 4. The van der Waals surface area contributed by atoms with Crippen LogP contribution in [0.4, 0.5) is 0 Å². The van der Waals surface area contributed by atoms with Gasteiger partial charge in [0.15, 0.2) is 0 Å². The van der Waals surface area contributed by atoms with E-state index in [9.17, 15) is 9.59 Å². The summed E-state index contributed by atoms with van der Waals surface area (Å²) in [6.45, 7) is 8.35. The summed E-state index contributed by atoms with van der Waals surface area (Å²) >= 11 is 1.64. The number of thiophene rings is 1. The van der Waals surface area contributed by atoms with Gasteiger partial charge in [0, 0.05) is 12.1 Å². The van der Waals surface area contributed by atoms with Gasteiger partial charge in [0.25, 0.3) is 5.91 Å². The lowest BCUT2D eigenvalue weighted by atomic mass is 10.1. The van der Waals surface area contributed by atoms with Gasteiger partial charge in [0.2, 0.25) is 5.78 Å². The Bertz CT molecular complexity index is 661. The standard InChI is InChI=1S/C19H24N2O2S/c1-4-21(5-2)17(16-10-11-24-13-16)12-20-19(23)18(22)15-8-6-14(3)7-9-15/h6-11,13,17H,4-5,12H2,1-3H3,(H,20,23)/t17-/m1/s1. The first-order valence-electron chi connectivity index (χ1n) is 8.22. The van der Waals surface area contributed by atoms with E-state index in [1.807, 2.05) is 24.4 Å². The molecule has 0 unspecified atom stereocenters. The third kappa shape index (κ3) is 4.52. The maximum atomic E-state index is 12.2. The quantitative estimate of drug-likeness (QED) is 0.589. The monoisotopic (exact) mass is 344 g/mol. The highest BCUT2D eigenvalue weighted by molar-refractivity contribution is 7.07. The number of Topliss-reactive ketones (excluding diaryl/α,β-unsaturated/α-hetero) is 1. The molecule has 1 N–H and O–H groups in total. The SMILES string of the molecule is CCN(CC)[C@H](CNC(=O)C(=O)c1ccc(C)cc1)c1ccsc1. The molecule has 0 fully saturated rings. The topological polar surface area (TPSA) is 49.4 Å². The van der Waals surface area contributed by atoms with Crippen molar-refractivity contribution in [2.75, 3.05) is 19.6 Å². The van der Waals surface area contributed by atoms with Crippen LogP contribution < -0.4 is 5.32 Å². The molecule has 2 rings (SSSR count). The molecule has 1 heterocycles. The Morgan fingerprint density at radius 3 is 2.33 bits per heavy atom. The van der Waals surface area contributed by atoms with Crippen LogP contribution in [0.3, 0.4) is 0 Å². The number of amides is 1. The minimum absolute atomic E-state index is 0.0843. The van der Waals surface area contributed by atoms with Gasteiger partial charge in [-0.3, -0.25) is 14.5 Å². The van der Waals surface area contributed by atoms with Gasteiger partial charge < -0.3 is 5.32 Å². The van der Waals surface area contributed by atoms with E-state index in [2.05, 4.69) is 35.5 Å². The van der Waals surface area contributed by atoms with E-state index in [1.165, 1.54) is 5.56 Å². The summed E-state index contributed by atoms with van der Waals surface area (Å²) < 4.78 is 0. The molecular formula is C19H24N2O2S. The molecule has 1 amide bonds. The van der Waals surface area contributed by atoms with Crippen LogP contribution in [-0.2, 0) is 4.79 Å². The number of benzene rings is 1. The summed E-state index contributed by atoms with van der Waals surface area (Å²) in [6.07, 6.45) is 0. The molecule has 4 nitrogen and oxygen atoms in total. The molecule has 0 saturated carbocycles. The number of hydrogen-bond donors (Lipinski definition) is 1. The number of aryl methyl sites for hydroxylation is 1. The van der Waals surface area contributed by atoms with Gasteiger partial charge >= 0.3 is 0 Å². The van der Waals surface area contributed by atoms with Crippen LogP contribution in [0.15, 0.2) is 41.1 Å². The molecule has 24 heavy (non-hydrogen) atoms. The molecule has 0 aliphatic heterocycles. The molecule has 1 aromatic heterocycles. The minimum atomic E-state index is -0.550. The zero-order valence-corrected chi connectivity index (χ0v) is 15.2. The molecule has 0 saturated heterocycles. The summed E-state index contributed by atoms with van der Waals surface area (Å²) in [5.74, 6) is -1.04. The zero-order valence-electron chi connectivity index (χ0n) is 14.4. The van der Waals surface area contributed by atoms with Crippen molar-refractivity contribution >= 4 is 23.0 Å². The van der Waals surface area contributed by atoms with E-state index in [-0.39, 0.29) is 6.04 Å². The molecule has 0 aliphatic carbocycles. The summed E-state index contributed by atoms with van der Waals surface area (Å²) in [4.78, 5) is 26.7. The highest BCUT2D eigenvalue weighted by Crippen LogP contribution is 2.22. The van der Waals surface area contributed by atoms with E-state index in [0.29, 0.717) is 12.1 Å². The van der Waals surface area contributed by atoms with Gasteiger partial charge in [0.1, 0.15) is 0 Å². The van der Waals surface area contributed by atoms with E-state index in [4.69, 9.17) is 0 Å². The Morgan fingerprint density at radius 1 is 1.12 bits per heavy atom. The molecular weight excluding hydrogens is 320 g/mol. The summed E-state index contributed by atoms with van der Waals surface area (Å²) in [6, 6.07) is 9.22. The van der Waals surface area contributed by atoms with Crippen LogP contribution in [0, 0.1) is 6.92 Å². The Hall–Kier alpha value is -1.98. The van der Waals surface area contributed by atoms with Crippen LogP contribution in [-0.4, -0.2) is 36.2 Å². The lowest BCUT2D eigenvalue weighted by molar-refractivity contribution is -0.117. The van der Waals surface area contributed by atoms with E-state index in [1.54, 1.807) is 23.5 Å². The van der Waals surface area contributed by atoms with Crippen LogP contribution >= 0.6 is 11.3 Å². The zero-order chi connectivity index (χ0) is 17.5. The van der Waals surface area contributed by atoms with E-state index in [0.717, 1.165) is 18.7 Å². The van der Waals surface area contributed by atoms with Crippen molar-refractivity contribution in [1.82, 2.24) is 10.2 Å². The van der Waals surface area contributed by atoms with Gasteiger partial charge in [0.05, 0.1) is 6.04 Å². The highest BCUT2D eigenvalue weighted by atomic mass is 32.1. The van der Waals surface area contributed by atoms with Crippen LogP contribution in [0.25, 0.3) is 0 Å². The number of ketones is 1. The fourth-order valence-corrected chi connectivity index (χ4v) is 3.40. The molecule has 2 aromatic rings. The molecule has 5 heteroatoms. The second-order valence-corrected chi connectivity index (χ2v) is 6.48. The number of likely N-dealkylation sites (N-methyl/N-ethyl adjacent to an activating group) is 1. The van der Waals surface area contributed by atoms with Gasteiger partial charge in [-0.05, 0) is 42.4 Å². The molecule has 0 radical (unpaired) electrons. The predicted molar refractivity (Wildman–Crippen MR) is 98.5 cm³/mol. The lowest BCUT2D eigenvalue weighted by Crippen LogP contribution is -2.40. The Morgan fingerprint density at radius 2 is 1.79 bits per heavy atom. The van der Waals surface area contributed by atoms with Crippen molar-refractivity contribution in [2.45, 2.75) is 26.8 Å². The maximum Gasteiger partial charge on any atom is 0.292 e. The number of nitrogens with one attached hydrogen (secondary N) is 1. The van der Waals surface area contributed by atoms with Gasteiger partial charge in [-0.2, -0.15) is 11.3 Å². The van der Waals surface area contributed by atoms with Gasteiger partial charge in [-0.1, -0.05) is 43.7 Å². The first-order chi connectivity index (χ1) is 11.6. The van der Waals surface area contributed by atoms with Crippen molar-refractivity contribution in [2.24, 2.45) is 0 Å². The third-order valence-electron chi connectivity index (χ3n) is 4.16. The third-order valence-corrected chi connectivity index (χ3v) is 4.86. The lowest BCUT2D eigenvalue weighted by Gasteiger charge is -2.29. The summed E-state index contributed by atoms with van der Waals surface area (Å²) in [5, 5.41) is 6.93. The molecule has 0 spiro atoms. The Balaban J connectivity index is 2.04. The average Bonchev–Trinajstić information content (AvgIpc) is 3.12. The fraction of sp³-hybridized carbons (Fsp3) is 0.368. The number of carbonyl (C=O) groups excluding carboxylic acids is 2. The second kappa shape index (κ2) is 8.76. The maximum absolute atomic E-state index is 12.2. The number of rotatable bonds is 8. The van der Waals surface area contributed by atoms with Gasteiger partial charge in [-0.15, -0.1) is 0 Å². The van der Waals surface area contributed by atoms with Crippen molar-refractivity contribution in [1.29, 1.82) is 0 Å². The predicted octanol–water partition coefficient (Wildman–Crippen LogP) is 3.44. The summed E-state index contributed by atoms with van der Waals surface area (Å²) in [5.41, 5.74) is 2.66. The molecule has 128 valence electrons. The van der Waals surface area contributed by atoms with Crippen LogP contribution in [0.5, 0.6) is 0 Å². The minimum Gasteiger partial charge on any atom is -0.347 e. The highest BCUT2D eigenvalue weighted by Gasteiger charge is 2.22. The Kier molecular flexibility index (Phi) is 6.70. The first kappa shape index (κ1) is 18.4. The van der Waals surface area contributed by atoms with Gasteiger partial charge in [-0.25, -0.2) is 0 Å². The largest absolute Gasteiger partial charge is 0.347 e. The second-order valence-electron chi connectivity index (χ2n) is 5.70. The normalized spacial score (nSPS) is 12.2. The first-order valence-corrected chi connectivity index (χ1v) is 9.16.